The summed E-state index contributed by atoms with van der Waals surface area (Å²) in [5.74, 6) is -0.212. The Hall–Kier alpha value is -2.74. The van der Waals surface area contributed by atoms with Crippen LogP contribution in [0.3, 0.4) is 0 Å². The average molecular weight is 343 g/mol. The van der Waals surface area contributed by atoms with E-state index in [0.717, 1.165) is 10.4 Å². The Balaban J connectivity index is 1.85. The SMILES string of the molecule is CC(C)N(C(=O)Cn1nnn(-c2cccs2)c1=O)c1ccccc1. The molecule has 0 radical (unpaired) electrons. The summed E-state index contributed by atoms with van der Waals surface area (Å²) >= 11 is 1.38. The molecule has 7 nitrogen and oxygen atoms in total. The van der Waals surface area contributed by atoms with E-state index in [1.807, 2.05) is 55.6 Å². The summed E-state index contributed by atoms with van der Waals surface area (Å²) in [7, 11) is 0. The molecule has 0 fully saturated rings. The van der Waals surface area contributed by atoms with Gasteiger partial charge in [0.05, 0.1) is 0 Å². The number of amides is 1. The normalized spacial score (nSPS) is 11.0. The number of thiophene rings is 1. The lowest BCUT2D eigenvalue weighted by molar-refractivity contribution is -0.119. The third-order valence-electron chi connectivity index (χ3n) is 3.46. The van der Waals surface area contributed by atoms with E-state index in [0.29, 0.717) is 5.00 Å². The van der Waals surface area contributed by atoms with Gasteiger partial charge in [0.15, 0.2) is 0 Å². The Labute approximate surface area is 142 Å². The summed E-state index contributed by atoms with van der Waals surface area (Å²) < 4.78 is 2.28. The molecule has 2 aromatic heterocycles. The van der Waals surface area contributed by atoms with Crippen molar-refractivity contribution in [1.29, 1.82) is 0 Å². The van der Waals surface area contributed by atoms with Crippen molar-refractivity contribution in [1.82, 2.24) is 19.8 Å². The topological polar surface area (TPSA) is 73.0 Å². The molecule has 0 N–H and O–H groups in total. The molecule has 24 heavy (non-hydrogen) atoms. The molecule has 2 heterocycles. The van der Waals surface area contributed by atoms with E-state index in [9.17, 15) is 9.59 Å². The van der Waals surface area contributed by atoms with Crippen LogP contribution in [0, 0.1) is 0 Å². The van der Waals surface area contributed by atoms with Crippen LogP contribution < -0.4 is 10.6 Å². The number of benzene rings is 1. The van der Waals surface area contributed by atoms with Gasteiger partial charge in [-0.05, 0) is 53.9 Å². The summed E-state index contributed by atoms with van der Waals surface area (Å²) in [5, 5.41) is 10.2. The summed E-state index contributed by atoms with van der Waals surface area (Å²) in [6.45, 7) is 3.70. The van der Waals surface area contributed by atoms with Crippen LogP contribution in [-0.4, -0.2) is 31.7 Å². The molecule has 0 aliphatic carbocycles. The van der Waals surface area contributed by atoms with Crippen LogP contribution in [-0.2, 0) is 11.3 Å². The zero-order valence-electron chi connectivity index (χ0n) is 13.4. The first kappa shape index (κ1) is 16.1. The lowest BCUT2D eigenvalue weighted by Gasteiger charge is -2.26. The second-order valence-corrected chi connectivity index (χ2v) is 6.40. The number of hydrogen-bond donors (Lipinski definition) is 0. The average Bonchev–Trinajstić information content (AvgIpc) is 3.19. The molecule has 8 heteroatoms. The van der Waals surface area contributed by atoms with Gasteiger partial charge < -0.3 is 4.90 Å². The van der Waals surface area contributed by atoms with E-state index in [4.69, 9.17) is 0 Å². The maximum Gasteiger partial charge on any atom is 0.369 e. The second-order valence-electron chi connectivity index (χ2n) is 5.48. The number of para-hydroxylation sites is 1. The molecule has 0 aliphatic heterocycles. The maximum atomic E-state index is 12.7. The lowest BCUT2D eigenvalue weighted by atomic mass is 10.2. The first-order valence-corrected chi connectivity index (χ1v) is 8.39. The predicted molar refractivity (Wildman–Crippen MR) is 92.6 cm³/mol. The Morgan fingerprint density at radius 3 is 2.54 bits per heavy atom. The number of nitrogens with zero attached hydrogens (tertiary/aromatic N) is 5. The van der Waals surface area contributed by atoms with E-state index in [2.05, 4.69) is 10.4 Å². The Morgan fingerprint density at radius 2 is 1.92 bits per heavy atom. The highest BCUT2D eigenvalue weighted by Crippen LogP contribution is 2.17. The predicted octanol–water partition coefficient (Wildman–Crippen LogP) is 1.93. The van der Waals surface area contributed by atoms with Gasteiger partial charge in [0, 0.05) is 11.7 Å². The molecule has 0 bridgehead atoms. The molecule has 3 rings (SSSR count). The van der Waals surface area contributed by atoms with E-state index in [1.54, 1.807) is 11.0 Å². The zero-order chi connectivity index (χ0) is 17.1. The van der Waals surface area contributed by atoms with Crippen LogP contribution in [0.1, 0.15) is 13.8 Å². The Kier molecular flexibility index (Phi) is 4.57. The van der Waals surface area contributed by atoms with E-state index < -0.39 is 5.69 Å². The molecule has 0 aliphatic rings. The monoisotopic (exact) mass is 343 g/mol. The van der Waals surface area contributed by atoms with Gasteiger partial charge in [-0.1, -0.05) is 18.2 Å². The summed E-state index contributed by atoms with van der Waals surface area (Å²) in [4.78, 5) is 26.7. The minimum absolute atomic E-state index is 0.0389. The van der Waals surface area contributed by atoms with Crippen molar-refractivity contribution in [2.24, 2.45) is 0 Å². The van der Waals surface area contributed by atoms with E-state index >= 15 is 0 Å². The van der Waals surface area contributed by atoms with Crippen molar-refractivity contribution in [2.45, 2.75) is 26.4 Å². The van der Waals surface area contributed by atoms with Gasteiger partial charge in [-0.25, -0.2) is 4.79 Å². The first-order chi connectivity index (χ1) is 11.6. The van der Waals surface area contributed by atoms with Crippen LogP contribution in [0.25, 0.3) is 5.00 Å². The molecule has 0 spiro atoms. The molecule has 0 unspecified atom stereocenters. The fourth-order valence-electron chi connectivity index (χ4n) is 2.43. The molecule has 0 atom stereocenters. The van der Waals surface area contributed by atoms with Gasteiger partial charge in [0.2, 0.25) is 5.91 Å². The van der Waals surface area contributed by atoms with Crippen molar-refractivity contribution < 1.29 is 4.79 Å². The van der Waals surface area contributed by atoms with E-state index in [-0.39, 0.29) is 18.5 Å². The van der Waals surface area contributed by atoms with Gasteiger partial charge >= 0.3 is 5.69 Å². The van der Waals surface area contributed by atoms with Gasteiger partial charge in [0.1, 0.15) is 11.5 Å². The standard InChI is InChI=1S/C16H17N5O2S/c1-12(2)20(13-7-4-3-5-8-13)14(22)11-19-16(23)21(18-17-19)15-9-6-10-24-15/h3-10,12H,11H2,1-2H3. The zero-order valence-corrected chi connectivity index (χ0v) is 14.2. The van der Waals surface area contributed by atoms with E-state index in [1.165, 1.54) is 16.0 Å². The Morgan fingerprint density at radius 1 is 1.17 bits per heavy atom. The molecule has 1 amide bonds. The van der Waals surface area contributed by atoms with Crippen LogP contribution in [0.2, 0.25) is 0 Å². The number of carbonyl (C=O) groups is 1. The third-order valence-corrected chi connectivity index (χ3v) is 4.30. The van der Waals surface area contributed by atoms with Crippen LogP contribution in [0.5, 0.6) is 0 Å². The van der Waals surface area contributed by atoms with Crippen molar-refractivity contribution in [3.05, 3.63) is 58.3 Å². The molecule has 0 saturated carbocycles. The molecule has 124 valence electrons. The summed E-state index contributed by atoms with van der Waals surface area (Å²) in [5.41, 5.74) is 0.360. The summed E-state index contributed by atoms with van der Waals surface area (Å²) in [6.07, 6.45) is 0. The van der Waals surface area contributed by atoms with Gasteiger partial charge in [-0.15, -0.1) is 11.3 Å². The van der Waals surface area contributed by atoms with Crippen LogP contribution >= 0.6 is 11.3 Å². The molecule has 1 aromatic carbocycles. The smallest absolute Gasteiger partial charge is 0.308 e. The Bertz CT molecular complexity index is 868. The number of aromatic nitrogens is 4. The van der Waals surface area contributed by atoms with Crippen LogP contribution in [0.15, 0.2) is 52.6 Å². The quantitative estimate of drug-likeness (QED) is 0.709. The minimum Gasteiger partial charge on any atom is -0.308 e. The molecular formula is C16H17N5O2S. The van der Waals surface area contributed by atoms with Crippen molar-refractivity contribution >= 4 is 22.9 Å². The minimum atomic E-state index is -0.428. The highest BCUT2D eigenvalue weighted by atomic mass is 32.1. The maximum absolute atomic E-state index is 12.7. The first-order valence-electron chi connectivity index (χ1n) is 7.51. The van der Waals surface area contributed by atoms with Crippen molar-refractivity contribution in [2.75, 3.05) is 4.90 Å². The number of hydrogen-bond acceptors (Lipinski definition) is 5. The number of rotatable bonds is 5. The molecular weight excluding hydrogens is 326 g/mol. The fourth-order valence-corrected chi connectivity index (χ4v) is 3.09. The van der Waals surface area contributed by atoms with Crippen molar-refractivity contribution in [3.63, 3.8) is 0 Å². The third kappa shape index (κ3) is 3.13. The summed E-state index contributed by atoms with van der Waals surface area (Å²) in [6, 6.07) is 12.9. The molecule has 0 saturated heterocycles. The number of tetrazole rings is 1. The number of anilines is 1. The fraction of sp³-hybridized carbons (Fsp3) is 0.250. The van der Waals surface area contributed by atoms with Gasteiger partial charge in [-0.2, -0.15) is 9.36 Å². The van der Waals surface area contributed by atoms with Crippen molar-refractivity contribution in [3.8, 4) is 5.00 Å². The molecule has 3 aromatic rings. The van der Waals surface area contributed by atoms with Gasteiger partial charge in [-0.3, -0.25) is 4.79 Å². The number of carbonyl (C=O) groups excluding carboxylic acids is 1. The van der Waals surface area contributed by atoms with Gasteiger partial charge in [0.25, 0.3) is 0 Å². The highest BCUT2D eigenvalue weighted by molar-refractivity contribution is 7.12. The highest BCUT2D eigenvalue weighted by Gasteiger charge is 2.21. The van der Waals surface area contributed by atoms with Crippen LogP contribution in [0.4, 0.5) is 5.69 Å². The second kappa shape index (κ2) is 6.79. The largest absolute Gasteiger partial charge is 0.369 e. The lowest BCUT2D eigenvalue weighted by Crippen LogP contribution is -2.41.